The summed E-state index contributed by atoms with van der Waals surface area (Å²) < 4.78 is 6.92. The monoisotopic (exact) mass is 331 g/mol. The Bertz CT molecular complexity index is 726. The maximum Gasteiger partial charge on any atom is 0.328 e. The number of esters is 1. The maximum atomic E-state index is 12.1. The fraction of sp³-hybridized carbons (Fsp3) is 0.647. The summed E-state index contributed by atoms with van der Waals surface area (Å²) in [4.78, 5) is 23.4. The Morgan fingerprint density at radius 1 is 1.29 bits per heavy atom. The molecule has 1 saturated heterocycles. The molecule has 1 aliphatic rings. The molecule has 0 unspecified atom stereocenters. The Kier molecular flexibility index (Phi) is 4.43. The van der Waals surface area contributed by atoms with Crippen molar-refractivity contribution in [3.63, 3.8) is 0 Å². The van der Waals surface area contributed by atoms with Gasteiger partial charge in [-0.25, -0.2) is 14.6 Å². The van der Waals surface area contributed by atoms with E-state index in [4.69, 9.17) is 4.74 Å². The van der Waals surface area contributed by atoms with Crippen LogP contribution < -0.4 is 4.90 Å². The molecule has 0 N–H and O–H groups in total. The van der Waals surface area contributed by atoms with E-state index < -0.39 is 5.60 Å². The van der Waals surface area contributed by atoms with Gasteiger partial charge in [0.25, 0.3) is 0 Å². The van der Waals surface area contributed by atoms with Gasteiger partial charge in [0.2, 0.25) is 0 Å². The lowest BCUT2D eigenvalue weighted by Crippen LogP contribution is -2.33. The highest BCUT2D eigenvalue weighted by atomic mass is 16.6. The van der Waals surface area contributed by atoms with Crippen LogP contribution in [0.3, 0.4) is 0 Å². The van der Waals surface area contributed by atoms with E-state index in [1.807, 2.05) is 20.8 Å². The average molecular weight is 331 g/mol. The number of fused-ring (bicyclic) bond motifs is 1. The van der Waals surface area contributed by atoms with Crippen LogP contribution in [-0.4, -0.2) is 44.4 Å². The van der Waals surface area contributed by atoms with Crippen LogP contribution in [0.5, 0.6) is 0 Å². The molecular formula is C17H25N5O2. The van der Waals surface area contributed by atoms with Crippen molar-refractivity contribution in [1.29, 1.82) is 0 Å². The van der Waals surface area contributed by atoms with Gasteiger partial charge in [-0.1, -0.05) is 6.92 Å². The Morgan fingerprint density at radius 2 is 2.00 bits per heavy atom. The van der Waals surface area contributed by atoms with Crippen LogP contribution in [0.4, 0.5) is 5.82 Å². The number of ether oxygens (including phenoxy) is 1. The second-order valence-corrected chi connectivity index (χ2v) is 7.50. The molecule has 0 saturated carbocycles. The summed E-state index contributed by atoms with van der Waals surface area (Å²) >= 11 is 0. The Morgan fingerprint density at radius 3 is 2.67 bits per heavy atom. The van der Waals surface area contributed by atoms with Gasteiger partial charge in [0.15, 0.2) is 5.65 Å². The van der Waals surface area contributed by atoms with Crippen LogP contribution in [-0.2, 0) is 16.1 Å². The van der Waals surface area contributed by atoms with Crippen molar-refractivity contribution in [1.82, 2.24) is 19.7 Å². The molecule has 2 aromatic heterocycles. The summed E-state index contributed by atoms with van der Waals surface area (Å²) in [6.45, 7) is 9.84. The zero-order valence-corrected chi connectivity index (χ0v) is 14.8. The predicted octanol–water partition coefficient (Wildman–Crippen LogP) is 2.40. The van der Waals surface area contributed by atoms with Crippen LogP contribution in [0, 0.1) is 5.92 Å². The lowest BCUT2D eigenvalue weighted by atomic mass is 9.99. The molecule has 1 aliphatic heterocycles. The van der Waals surface area contributed by atoms with Crippen molar-refractivity contribution in [2.24, 2.45) is 5.92 Å². The number of piperidine rings is 1. The first kappa shape index (κ1) is 16.7. The van der Waals surface area contributed by atoms with Crippen LogP contribution in [0.2, 0.25) is 0 Å². The third kappa shape index (κ3) is 3.83. The minimum Gasteiger partial charge on any atom is -0.459 e. The second kappa shape index (κ2) is 6.37. The number of hydrogen-bond donors (Lipinski definition) is 0. The molecule has 24 heavy (non-hydrogen) atoms. The number of hydrogen-bond acceptors (Lipinski definition) is 6. The van der Waals surface area contributed by atoms with Crippen LogP contribution in [0.1, 0.15) is 40.5 Å². The Labute approximate surface area is 142 Å². The molecule has 7 heteroatoms. The third-order valence-electron chi connectivity index (χ3n) is 4.14. The minimum atomic E-state index is -0.513. The number of aromatic nitrogens is 4. The third-order valence-corrected chi connectivity index (χ3v) is 4.14. The first-order valence-corrected chi connectivity index (χ1v) is 8.47. The topological polar surface area (TPSA) is 73.1 Å². The molecule has 0 atom stereocenters. The van der Waals surface area contributed by atoms with Crippen LogP contribution >= 0.6 is 0 Å². The van der Waals surface area contributed by atoms with Crippen molar-refractivity contribution in [2.75, 3.05) is 18.0 Å². The van der Waals surface area contributed by atoms with Crippen LogP contribution in [0.15, 0.2) is 12.4 Å². The first-order valence-electron chi connectivity index (χ1n) is 8.47. The minimum absolute atomic E-state index is 0.0376. The van der Waals surface area contributed by atoms with Gasteiger partial charge in [-0.15, -0.1) is 0 Å². The standard InChI is InChI=1S/C17H25N5O2/c1-12-5-7-21(8-6-12)14-10-18-13-9-19-22(16(13)20-14)11-15(23)24-17(2,3)4/h9-10,12H,5-8,11H2,1-4H3. The van der Waals surface area contributed by atoms with Gasteiger partial charge in [0.05, 0.1) is 12.4 Å². The van der Waals surface area contributed by atoms with E-state index in [1.54, 1.807) is 17.1 Å². The van der Waals surface area contributed by atoms with Gasteiger partial charge >= 0.3 is 5.97 Å². The molecular weight excluding hydrogens is 306 g/mol. The van der Waals surface area contributed by atoms with E-state index >= 15 is 0 Å². The van der Waals surface area contributed by atoms with Gasteiger partial charge in [0, 0.05) is 13.1 Å². The van der Waals surface area contributed by atoms with Gasteiger partial charge in [-0.05, 0) is 39.5 Å². The molecule has 0 aliphatic carbocycles. The summed E-state index contributed by atoms with van der Waals surface area (Å²) in [7, 11) is 0. The number of rotatable bonds is 3. The molecule has 3 heterocycles. The number of carbonyl (C=O) groups excluding carboxylic acids is 1. The van der Waals surface area contributed by atoms with E-state index in [1.165, 1.54) is 0 Å². The van der Waals surface area contributed by atoms with Gasteiger partial charge in [-0.2, -0.15) is 5.10 Å². The summed E-state index contributed by atoms with van der Waals surface area (Å²) in [5, 5.41) is 4.24. The number of anilines is 1. The predicted molar refractivity (Wildman–Crippen MR) is 91.8 cm³/mol. The summed E-state index contributed by atoms with van der Waals surface area (Å²) in [5.41, 5.74) is 0.797. The fourth-order valence-corrected chi connectivity index (χ4v) is 2.84. The van der Waals surface area contributed by atoms with Gasteiger partial charge in [0.1, 0.15) is 23.5 Å². The summed E-state index contributed by atoms with van der Waals surface area (Å²) in [5.74, 6) is 1.28. The maximum absolute atomic E-state index is 12.1. The van der Waals surface area contributed by atoms with E-state index in [0.717, 1.165) is 37.7 Å². The van der Waals surface area contributed by atoms with E-state index in [0.29, 0.717) is 11.2 Å². The molecule has 0 amide bonds. The highest BCUT2D eigenvalue weighted by molar-refractivity contribution is 5.75. The van der Waals surface area contributed by atoms with E-state index in [-0.39, 0.29) is 12.5 Å². The second-order valence-electron chi connectivity index (χ2n) is 7.50. The first-order chi connectivity index (χ1) is 11.3. The van der Waals surface area contributed by atoms with Crippen molar-refractivity contribution in [3.8, 4) is 0 Å². The van der Waals surface area contributed by atoms with Crippen molar-refractivity contribution in [3.05, 3.63) is 12.4 Å². The zero-order valence-electron chi connectivity index (χ0n) is 14.8. The number of carbonyl (C=O) groups is 1. The van der Waals surface area contributed by atoms with Crippen molar-refractivity contribution < 1.29 is 9.53 Å². The molecule has 0 aromatic carbocycles. The average Bonchev–Trinajstić information content (AvgIpc) is 2.88. The SMILES string of the molecule is CC1CCN(c2cnc3cnn(CC(=O)OC(C)(C)C)c3n2)CC1. The van der Waals surface area contributed by atoms with Gasteiger partial charge < -0.3 is 9.64 Å². The summed E-state index contributed by atoms with van der Waals surface area (Å²) in [6, 6.07) is 0. The quantitative estimate of drug-likeness (QED) is 0.804. The molecule has 2 aromatic rings. The largest absolute Gasteiger partial charge is 0.459 e. The highest BCUT2D eigenvalue weighted by Gasteiger charge is 2.20. The lowest BCUT2D eigenvalue weighted by molar-refractivity contribution is -0.155. The molecule has 0 radical (unpaired) electrons. The van der Waals surface area contributed by atoms with Crippen molar-refractivity contribution in [2.45, 2.75) is 52.7 Å². The van der Waals surface area contributed by atoms with E-state index in [2.05, 4.69) is 26.9 Å². The normalized spacial score (nSPS) is 16.6. The lowest BCUT2D eigenvalue weighted by Gasteiger charge is -2.30. The Hall–Kier alpha value is -2.18. The number of nitrogens with zero attached hydrogens (tertiary/aromatic N) is 5. The molecule has 7 nitrogen and oxygen atoms in total. The molecule has 3 rings (SSSR count). The summed E-state index contributed by atoms with van der Waals surface area (Å²) in [6.07, 6.45) is 5.75. The molecule has 0 spiro atoms. The molecule has 1 fully saturated rings. The fourth-order valence-electron chi connectivity index (χ4n) is 2.84. The zero-order chi connectivity index (χ0) is 17.3. The van der Waals surface area contributed by atoms with Gasteiger partial charge in [-0.3, -0.25) is 4.79 Å². The smallest absolute Gasteiger partial charge is 0.328 e. The highest BCUT2D eigenvalue weighted by Crippen LogP contribution is 2.22. The Balaban J connectivity index is 1.80. The van der Waals surface area contributed by atoms with Crippen molar-refractivity contribution >= 4 is 23.0 Å². The molecule has 0 bridgehead atoms. The molecule has 130 valence electrons. The van der Waals surface area contributed by atoms with Crippen LogP contribution in [0.25, 0.3) is 11.2 Å². The van der Waals surface area contributed by atoms with E-state index in [9.17, 15) is 4.79 Å².